The molecule has 100 valence electrons. The summed E-state index contributed by atoms with van der Waals surface area (Å²) in [5.74, 6) is 0.759. The van der Waals surface area contributed by atoms with Gasteiger partial charge in [0.15, 0.2) is 8.32 Å². The lowest BCUT2D eigenvalue weighted by Crippen LogP contribution is -2.45. The van der Waals surface area contributed by atoms with Crippen LogP contribution < -0.4 is 0 Å². The molecule has 1 rings (SSSR count). The third-order valence-corrected chi connectivity index (χ3v) is 9.25. The summed E-state index contributed by atoms with van der Waals surface area (Å²) >= 11 is 2.32. The summed E-state index contributed by atoms with van der Waals surface area (Å²) in [6.07, 6.45) is 8.10. The summed E-state index contributed by atoms with van der Waals surface area (Å²) < 4.78 is 8.71. The molecule has 0 saturated heterocycles. The summed E-state index contributed by atoms with van der Waals surface area (Å²) in [7, 11) is -1.63. The van der Waals surface area contributed by atoms with E-state index in [0.717, 1.165) is 5.92 Å². The molecule has 3 heteroatoms. The van der Waals surface area contributed by atoms with E-state index in [1.807, 2.05) is 0 Å². The van der Waals surface area contributed by atoms with Crippen molar-refractivity contribution in [3.05, 3.63) is 10.2 Å². The van der Waals surface area contributed by atoms with Gasteiger partial charge in [-0.05, 0) is 41.0 Å². The fourth-order valence-electron chi connectivity index (χ4n) is 2.17. The largest absolute Gasteiger partial charge is 0.410 e. The number of rotatable bonds is 4. The smallest absolute Gasteiger partial charge is 0.192 e. The first-order valence-corrected chi connectivity index (χ1v) is 10.9. The Morgan fingerprint density at radius 3 is 2.18 bits per heavy atom. The molecule has 1 aliphatic rings. The van der Waals surface area contributed by atoms with E-state index < -0.39 is 8.32 Å². The molecule has 1 atom stereocenters. The van der Waals surface area contributed by atoms with Crippen molar-refractivity contribution in [1.82, 2.24) is 0 Å². The van der Waals surface area contributed by atoms with Gasteiger partial charge in [0.05, 0.1) is 6.10 Å². The third kappa shape index (κ3) is 4.35. The van der Waals surface area contributed by atoms with Crippen LogP contribution in [0, 0.1) is 5.92 Å². The van der Waals surface area contributed by atoms with E-state index in [-0.39, 0.29) is 0 Å². The van der Waals surface area contributed by atoms with E-state index in [1.54, 1.807) is 0 Å². The van der Waals surface area contributed by atoms with Crippen LogP contribution in [0.25, 0.3) is 0 Å². The second kappa shape index (κ2) is 6.20. The average Bonchev–Trinajstić information content (AvgIpc) is 2.67. The van der Waals surface area contributed by atoms with Crippen LogP contribution in [0.4, 0.5) is 0 Å². The summed E-state index contributed by atoms with van der Waals surface area (Å²) in [5.41, 5.74) is 0. The highest BCUT2D eigenvalue weighted by molar-refractivity contribution is 14.1. The lowest BCUT2D eigenvalue weighted by atomic mass is 10.0. The van der Waals surface area contributed by atoms with Gasteiger partial charge in [-0.2, -0.15) is 0 Å². The SMILES string of the molecule is CC(C)(C)[Si](C)(C)O[C@H](/C=C/I)C1CCCC1. The Morgan fingerprint density at radius 1 is 1.24 bits per heavy atom. The Balaban J connectivity index is 2.72. The van der Waals surface area contributed by atoms with Crippen molar-refractivity contribution < 1.29 is 4.43 Å². The standard InChI is InChI=1S/C14H27IOSi/c1-14(2,3)17(4,5)16-13(10-11-15)12-8-6-7-9-12/h10-13H,6-9H2,1-5H3/b11-10+/t13-/m1/s1. The number of halogens is 1. The van der Waals surface area contributed by atoms with Gasteiger partial charge < -0.3 is 4.43 Å². The fourth-order valence-corrected chi connectivity index (χ4v) is 3.88. The molecule has 0 aromatic carbocycles. The van der Waals surface area contributed by atoms with Gasteiger partial charge in [-0.1, -0.05) is 62.3 Å². The van der Waals surface area contributed by atoms with Crippen molar-refractivity contribution in [2.75, 3.05) is 0 Å². The normalized spacial score (nSPS) is 21.3. The van der Waals surface area contributed by atoms with E-state index >= 15 is 0 Å². The summed E-state index contributed by atoms with van der Waals surface area (Å²) in [4.78, 5) is 0. The molecule has 0 aromatic rings. The molecule has 0 amide bonds. The van der Waals surface area contributed by atoms with Crippen LogP contribution in [0.2, 0.25) is 18.1 Å². The molecule has 0 spiro atoms. The molecule has 17 heavy (non-hydrogen) atoms. The quantitative estimate of drug-likeness (QED) is 0.470. The van der Waals surface area contributed by atoms with Gasteiger partial charge in [-0.25, -0.2) is 0 Å². The zero-order chi connectivity index (χ0) is 13.1. The van der Waals surface area contributed by atoms with Crippen LogP contribution >= 0.6 is 22.6 Å². The lowest BCUT2D eigenvalue weighted by Gasteiger charge is -2.40. The second-order valence-electron chi connectivity index (χ2n) is 6.71. The first-order chi connectivity index (χ1) is 7.78. The average molecular weight is 366 g/mol. The molecule has 1 fully saturated rings. The number of hydrogen-bond donors (Lipinski definition) is 0. The molecule has 0 aliphatic heterocycles. The van der Waals surface area contributed by atoms with Crippen molar-refractivity contribution in [3.8, 4) is 0 Å². The lowest BCUT2D eigenvalue weighted by molar-refractivity contribution is 0.162. The molecule has 1 aliphatic carbocycles. The topological polar surface area (TPSA) is 9.23 Å². The van der Waals surface area contributed by atoms with Crippen molar-refractivity contribution in [2.45, 2.75) is 70.7 Å². The molecule has 0 bridgehead atoms. The Hall–Kier alpha value is 0.647. The van der Waals surface area contributed by atoms with E-state index in [9.17, 15) is 0 Å². The van der Waals surface area contributed by atoms with Crippen LogP contribution in [0.5, 0.6) is 0 Å². The van der Waals surface area contributed by atoms with E-state index in [2.05, 4.69) is 66.6 Å². The highest BCUT2D eigenvalue weighted by atomic mass is 127. The summed E-state index contributed by atoms with van der Waals surface area (Å²) in [5, 5.41) is 0.308. The highest BCUT2D eigenvalue weighted by Gasteiger charge is 2.40. The van der Waals surface area contributed by atoms with Gasteiger partial charge in [0, 0.05) is 0 Å². The predicted octanol–water partition coefficient (Wildman–Crippen LogP) is 5.52. The van der Waals surface area contributed by atoms with Crippen LogP contribution in [-0.4, -0.2) is 14.4 Å². The summed E-state index contributed by atoms with van der Waals surface area (Å²) in [6.45, 7) is 11.7. The maximum Gasteiger partial charge on any atom is 0.192 e. The van der Waals surface area contributed by atoms with Crippen LogP contribution in [-0.2, 0) is 4.43 Å². The molecule has 0 N–H and O–H groups in total. The van der Waals surface area contributed by atoms with Crippen molar-refractivity contribution >= 4 is 30.9 Å². The van der Waals surface area contributed by atoms with Gasteiger partial charge >= 0.3 is 0 Å². The second-order valence-corrected chi connectivity index (χ2v) is 12.2. The number of hydrogen-bond acceptors (Lipinski definition) is 1. The zero-order valence-electron chi connectivity index (χ0n) is 11.9. The molecule has 0 aromatic heterocycles. The molecule has 1 saturated carbocycles. The Kier molecular flexibility index (Phi) is 5.72. The minimum Gasteiger partial charge on any atom is -0.410 e. The van der Waals surface area contributed by atoms with E-state index in [0.29, 0.717) is 11.1 Å². The maximum absolute atomic E-state index is 6.57. The minimum atomic E-state index is -1.63. The van der Waals surface area contributed by atoms with Crippen molar-refractivity contribution in [1.29, 1.82) is 0 Å². The van der Waals surface area contributed by atoms with Crippen LogP contribution in [0.1, 0.15) is 46.5 Å². The maximum atomic E-state index is 6.57. The van der Waals surface area contributed by atoms with E-state index in [4.69, 9.17) is 4.43 Å². The first-order valence-electron chi connectivity index (χ1n) is 6.72. The molecular weight excluding hydrogens is 339 g/mol. The molecule has 0 unspecified atom stereocenters. The first kappa shape index (κ1) is 15.7. The highest BCUT2D eigenvalue weighted by Crippen LogP contribution is 2.40. The van der Waals surface area contributed by atoms with Gasteiger partial charge in [-0.15, -0.1) is 0 Å². The van der Waals surface area contributed by atoms with Gasteiger partial charge in [-0.3, -0.25) is 0 Å². The fraction of sp³-hybridized carbons (Fsp3) is 0.857. The third-order valence-electron chi connectivity index (χ3n) is 4.36. The van der Waals surface area contributed by atoms with Gasteiger partial charge in [0.1, 0.15) is 0 Å². The summed E-state index contributed by atoms with van der Waals surface area (Å²) in [6, 6.07) is 0. The van der Waals surface area contributed by atoms with Gasteiger partial charge in [0.2, 0.25) is 0 Å². The molecule has 0 radical (unpaired) electrons. The Bertz CT molecular complexity index is 262. The van der Waals surface area contributed by atoms with Gasteiger partial charge in [0.25, 0.3) is 0 Å². The monoisotopic (exact) mass is 366 g/mol. The zero-order valence-corrected chi connectivity index (χ0v) is 15.1. The molecule has 1 nitrogen and oxygen atoms in total. The Morgan fingerprint density at radius 2 is 1.76 bits per heavy atom. The van der Waals surface area contributed by atoms with Crippen molar-refractivity contribution in [2.24, 2.45) is 5.92 Å². The van der Waals surface area contributed by atoms with Crippen molar-refractivity contribution in [3.63, 3.8) is 0 Å². The predicted molar refractivity (Wildman–Crippen MR) is 87.2 cm³/mol. The van der Waals surface area contributed by atoms with E-state index in [1.165, 1.54) is 25.7 Å². The van der Waals surface area contributed by atoms with Crippen LogP contribution in [0.3, 0.4) is 0 Å². The molecular formula is C14H27IOSi. The molecule has 0 heterocycles. The van der Waals surface area contributed by atoms with Crippen LogP contribution in [0.15, 0.2) is 10.2 Å². The minimum absolute atomic E-state index is 0.308. The Labute approximate surface area is 122 Å².